The van der Waals surface area contributed by atoms with Gasteiger partial charge in [0.05, 0.1) is 13.0 Å². The average Bonchev–Trinajstić information content (AvgIpc) is 2.32. The Balaban J connectivity index is 2.46. The number of carbonyl (C=O) groups is 1. The lowest BCUT2D eigenvalue weighted by atomic mass is 10.0. The molecule has 1 rings (SSSR count). The molecule has 0 saturated heterocycles. The molecular weight excluding hydrogens is 188 g/mol. The summed E-state index contributed by atoms with van der Waals surface area (Å²) < 4.78 is 4.80. The molecule has 86 valence electrons. The number of esters is 1. The van der Waals surface area contributed by atoms with E-state index in [9.17, 15) is 4.79 Å². The average molecular weight is 210 g/mol. The first-order valence-corrected chi connectivity index (χ1v) is 6.09. The maximum Gasteiger partial charge on any atom is 0.312 e. The van der Waals surface area contributed by atoms with E-state index in [0.717, 1.165) is 19.3 Å². The molecule has 0 fully saturated rings. The lowest BCUT2D eigenvalue weighted by Gasteiger charge is -2.09. The quantitative estimate of drug-likeness (QED) is 0.489. The Kier molecular flexibility index (Phi) is 6.14. The lowest BCUT2D eigenvalue weighted by molar-refractivity contribution is -0.143. The summed E-state index contributed by atoms with van der Waals surface area (Å²) in [6, 6.07) is 0. The monoisotopic (exact) mass is 210 g/mol. The van der Waals surface area contributed by atoms with Crippen LogP contribution in [-0.2, 0) is 9.53 Å². The van der Waals surface area contributed by atoms with E-state index in [1.54, 1.807) is 0 Å². The molecule has 0 amide bonds. The summed E-state index contributed by atoms with van der Waals surface area (Å²) in [4.78, 5) is 11.4. The first-order chi connectivity index (χ1) is 7.34. The van der Waals surface area contributed by atoms with E-state index in [1.807, 2.05) is 6.08 Å². The van der Waals surface area contributed by atoms with E-state index in [-0.39, 0.29) is 11.9 Å². The Morgan fingerprint density at radius 2 is 1.80 bits per heavy atom. The third kappa shape index (κ3) is 5.01. The predicted molar refractivity (Wildman–Crippen MR) is 61.6 cm³/mol. The molecule has 15 heavy (non-hydrogen) atoms. The number of hydrogen-bond donors (Lipinski definition) is 0. The molecule has 0 aliphatic heterocycles. The second kappa shape index (κ2) is 7.49. The second-order valence-corrected chi connectivity index (χ2v) is 4.26. The highest BCUT2D eigenvalue weighted by molar-refractivity contribution is 5.74. The minimum atomic E-state index is -0.0782. The normalized spacial score (nSPS) is 26.3. The van der Waals surface area contributed by atoms with Crippen molar-refractivity contribution < 1.29 is 9.53 Å². The Morgan fingerprint density at radius 3 is 2.53 bits per heavy atom. The van der Waals surface area contributed by atoms with Gasteiger partial charge in [-0.3, -0.25) is 4.79 Å². The van der Waals surface area contributed by atoms with Crippen molar-refractivity contribution in [2.24, 2.45) is 5.92 Å². The Bertz CT molecular complexity index is 209. The van der Waals surface area contributed by atoms with Gasteiger partial charge in [0, 0.05) is 0 Å². The van der Waals surface area contributed by atoms with Crippen LogP contribution >= 0.6 is 0 Å². The van der Waals surface area contributed by atoms with Crippen molar-refractivity contribution in [2.75, 3.05) is 7.11 Å². The van der Waals surface area contributed by atoms with Gasteiger partial charge in [-0.25, -0.2) is 0 Å². The minimum absolute atomic E-state index is 0.00639. The molecule has 0 N–H and O–H groups in total. The van der Waals surface area contributed by atoms with E-state index in [4.69, 9.17) is 4.74 Å². The molecule has 0 bridgehead atoms. The van der Waals surface area contributed by atoms with Crippen LogP contribution < -0.4 is 0 Å². The minimum Gasteiger partial charge on any atom is -0.469 e. The number of rotatable bonds is 1. The third-order valence-electron chi connectivity index (χ3n) is 3.01. The lowest BCUT2D eigenvalue weighted by Crippen LogP contribution is -2.13. The summed E-state index contributed by atoms with van der Waals surface area (Å²) in [5.41, 5.74) is 0. The van der Waals surface area contributed by atoms with Gasteiger partial charge in [-0.1, -0.05) is 44.3 Å². The van der Waals surface area contributed by atoms with Crippen LogP contribution in [0.4, 0.5) is 0 Å². The van der Waals surface area contributed by atoms with Crippen molar-refractivity contribution in [3.05, 3.63) is 12.2 Å². The van der Waals surface area contributed by atoms with Crippen LogP contribution in [0.15, 0.2) is 12.2 Å². The summed E-state index contributed by atoms with van der Waals surface area (Å²) >= 11 is 0. The number of hydrogen-bond acceptors (Lipinski definition) is 2. The van der Waals surface area contributed by atoms with Crippen LogP contribution in [-0.4, -0.2) is 13.1 Å². The molecule has 0 saturated carbocycles. The summed E-state index contributed by atoms with van der Waals surface area (Å²) in [6.07, 6.45) is 13.9. The van der Waals surface area contributed by atoms with Gasteiger partial charge in [0.2, 0.25) is 0 Å². The van der Waals surface area contributed by atoms with Gasteiger partial charge in [-0.2, -0.15) is 0 Å². The van der Waals surface area contributed by atoms with Crippen LogP contribution in [0.3, 0.4) is 0 Å². The molecule has 0 spiro atoms. The zero-order chi connectivity index (χ0) is 10.9. The molecule has 0 heterocycles. The topological polar surface area (TPSA) is 26.3 Å². The van der Waals surface area contributed by atoms with Crippen LogP contribution in [0.5, 0.6) is 0 Å². The van der Waals surface area contributed by atoms with Gasteiger partial charge in [-0.05, 0) is 19.3 Å². The Morgan fingerprint density at radius 1 is 1.13 bits per heavy atom. The highest BCUT2D eigenvalue weighted by atomic mass is 16.5. The maximum absolute atomic E-state index is 11.4. The second-order valence-electron chi connectivity index (χ2n) is 4.26. The van der Waals surface area contributed by atoms with Crippen molar-refractivity contribution in [1.29, 1.82) is 0 Å². The van der Waals surface area contributed by atoms with Gasteiger partial charge in [-0.15, -0.1) is 0 Å². The first-order valence-electron chi connectivity index (χ1n) is 6.09. The van der Waals surface area contributed by atoms with Gasteiger partial charge >= 0.3 is 5.97 Å². The van der Waals surface area contributed by atoms with E-state index >= 15 is 0 Å². The van der Waals surface area contributed by atoms with E-state index < -0.39 is 0 Å². The predicted octanol–water partition coefficient (Wildman–Crippen LogP) is 3.47. The maximum atomic E-state index is 11.4. The molecule has 0 aromatic heterocycles. The summed E-state index contributed by atoms with van der Waals surface area (Å²) in [5, 5.41) is 0. The van der Waals surface area contributed by atoms with Crippen LogP contribution in [0.25, 0.3) is 0 Å². The van der Waals surface area contributed by atoms with Crippen LogP contribution in [0.1, 0.15) is 51.4 Å². The number of methoxy groups -OCH3 is 1. The van der Waals surface area contributed by atoms with Crippen LogP contribution in [0.2, 0.25) is 0 Å². The van der Waals surface area contributed by atoms with Crippen molar-refractivity contribution >= 4 is 5.97 Å². The molecule has 1 unspecified atom stereocenters. The van der Waals surface area contributed by atoms with Crippen molar-refractivity contribution in [2.45, 2.75) is 51.4 Å². The van der Waals surface area contributed by atoms with E-state index in [2.05, 4.69) is 6.08 Å². The number of allylic oxidation sites excluding steroid dienone is 1. The Hall–Kier alpha value is -0.790. The zero-order valence-electron chi connectivity index (χ0n) is 9.71. The van der Waals surface area contributed by atoms with Gasteiger partial charge in [0.15, 0.2) is 0 Å². The standard InChI is InChI=1S/C13H22O2/c1-15-13(14)12-10-8-6-4-2-3-5-7-9-11-12/h8,10,12H,2-7,9,11H2,1H3/b10-8+. The Labute approximate surface area is 92.7 Å². The highest BCUT2D eigenvalue weighted by Gasteiger charge is 2.15. The van der Waals surface area contributed by atoms with E-state index in [1.165, 1.54) is 39.2 Å². The molecule has 2 heteroatoms. The fraction of sp³-hybridized carbons (Fsp3) is 0.769. The molecule has 1 aliphatic rings. The molecule has 1 atom stereocenters. The highest BCUT2D eigenvalue weighted by Crippen LogP contribution is 2.17. The fourth-order valence-electron chi connectivity index (χ4n) is 2.04. The van der Waals surface area contributed by atoms with E-state index in [0.29, 0.717) is 0 Å². The fourth-order valence-corrected chi connectivity index (χ4v) is 2.04. The number of carbonyl (C=O) groups excluding carboxylic acids is 1. The molecular formula is C13H22O2. The van der Waals surface area contributed by atoms with Crippen molar-refractivity contribution in [3.63, 3.8) is 0 Å². The SMILES string of the molecule is COC(=O)C1/C=C/CCCCCCCC1. The molecule has 2 nitrogen and oxygen atoms in total. The summed E-state index contributed by atoms with van der Waals surface area (Å²) in [5.74, 6) is -0.0846. The summed E-state index contributed by atoms with van der Waals surface area (Å²) in [7, 11) is 1.47. The molecule has 0 aromatic rings. The van der Waals surface area contributed by atoms with Crippen LogP contribution in [0, 0.1) is 5.92 Å². The third-order valence-corrected chi connectivity index (χ3v) is 3.01. The number of ether oxygens (including phenoxy) is 1. The van der Waals surface area contributed by atoms with Crippen molar-refractivity contribution in [3.8, 4) is 0 Å². The smallest absolute Gasteiger partial charge is 0.312 e. The van der Waals surface area contributed by atoms with Crippen molar-refractivity contribution in [1.82, 2.24) is 0 Å². The molecule has 0 aromatic carbocycles. The first kappa shape index (κ1) is 12.3. The summed E-state index contributed by atoms with van der Waals surface area (Å²) in [6.45, 7) is 0. The molecule has 1 aliphatic carbocycles. The zero-order valence-corrected chi connectivity index (χ0v) is 9.71. The largest absolute Gasteiger partial charge is 0.469 e. The van der Waals surface area contributed by atoms with Gasteiger partial charge in [0.25, 0.3) is 0 Å². The van der Waals surface area contributed by atoms with Gasteiger partial charge in [0.1, 0.15) is 0 Å². The van der Waals surface area contributed by atoms with Gasteiger partial charge < -0.3 is 4.74 Å². The molecule has 0 radical (unpaired) electrons.